The maximum Gasteiger partial charge on any atom is 0.270 e. The van der Waals surface area contributed by atoms with Crippen LogP contribution in [0.2, 0.25) is 0 Å². The van der Waals surface area contributed by atoms with Crippen LogP contribution in [0.3, 0.4) is 0 Å². The van der Waals surface area contributed by atoms with Gasteiger partial charge in [0.1, 0.15) is 11.5 Å². The molecule has 0 saturated carbocycles. The molecule has 3 aromatic heterocycles. The fraction of sp³-hybridized carbons (Fsp3) is 0.304. The van der Waals surface area contributed by atoms with Crippen LogP contribution in [0.25, 0.3) is 22.6 Å². The Morgan fingerprint density at radius 1 is 1.12 bits per heavy atom. The van der Waals surface area contributed by atoms with Crippen LogP contribution in [0.5, 0.6) is 0 Å². The number of nitrogens with one attached hydrogen (secondary N) is 1. The molecule has 0 spiro atoms. The van der Waals surface area contributed by atoms with Gasteiger partial charge in [0.15, 0.2) is 5.82 Å². The van der Waals surface area contributed by atoms with Crippen LogP contribution in [-0.4, -0.2) is 46.5 Å². The van der Waals surface area contributed by atoms with Crippen LogP contribution in [0, 0.1) is 13.8 Å². The first-order valence-corrected chi connectivity index (χ1v) is 10.6. The highest BCUT2D eigenvalue weighted by Gasteiger charge is 2.27. The number of carbonyl (C=O) groups excluding carboxylic acids is 1. The molecular formula is C23H24N8O. The predicted molar refractivity (Wildman–Crippen MR) is 119 cm³/mol. The Kier molecular flexibility index (Phi) is 5.01. The standard InChI is InChI=1S/C23H24N8O/c1-14-12-24-15(2)20(26-14)18-13-25-30(3)21(18)23(32)27-17-9-10-31-19(11-17)28-22(29-31)16-7-5-4-6-8-16/h4-8,12-13,17H,9-11H2,1-3H3,(H,27,32). The van der Waals surface area contributed by atoms with Crippen molar-refractivity contribution >= 4 is 5.91 Å². The van der Waals surface area contributed by atoms with Gasteiger partial charge < -0.3 is 5.32 Å². The van der Waals surface area contributed by atoms with E-state index in [0.717, 1.165) is 35.0 Å². The Labute approximate surface area is 185 Å². The van der Waals surface area contributed by atoms with E-state index in [9.17, 15) is 4.79 Å². The van der Waals surface area contributed by atoms with E-state index in [4.69, 9.17) is 4.98 Å². The summed E-state index contributed by atoms with van der Waals surface area (Å²) >= 11 is 0. The van der Waals surface area contributed by atoms with Gasteiger partial charge in [0.05, 0.1) is 28.8 Å². The quantitative estimate of drug-likeness (QED) is 0.536. The summed E-state index contributed by atoms with van der Waals surface area (Å²) in [7, 11) is 1.76. The first-order chi connectivity index (χ1) is 15.5. The number of fused-ring (bicyclic) bond motifs is 1. The molecule has 0 bridgehead atoms. The van der Waals surface area contributed by atoms with Gasteiger partial charge in [0.2, 0.25) is 0 Å². The highest BCUT2D eigenvalue weighted by atomic mass is 16.2. The topological polar surface area (TPSA) is 103 Å². The number of aromatic nitrogens is 7. The van der Waals surface area contributed by atoms with Gasteiger partial charge in [-0.2, -0.15) is 10.2 Å². The third-order valence-electron chi connectivity index (χ3n) is 5.72. The number of hydrogen-bond acceptors (Lipinski definition) is 6. The summed E-state index contributed by atoms with van der Waals surface area (Å²) in [6.45, 7) is 4.48. The van der Waals surface area contributed by atoms with Crippen LogP contribution >= 0.6 is 0 Å². The van der Waals surface area contributed by atoms with Crippen molar-refractivity contribution in [2.24, 2.45) is 7.05 Å². The third kappa shape index (κ3) is 3.66. The van der Waals surface area contributed by atoms with Gasteiger partial charge in [0, 0.05) is 37.8 Å². The second-order valence-electron chi connectivity index (χ2n) is 8.08. The van der Waals surface area contributed by atoms with Crippen molar-refractivity contribution in [3.05, 3.63) is 65.6 Å². The van der Waals surface area contributed by atoms with Gasteiger partial charge in [-0.25, -0.2) is 14.6 Å². The zero-order valence-electron chi connectivity index (χ0n) is 18.3. The summed E-state index contributed by atoms with van der Waals surface area (Å²) in [6.07, 6.45) is 4.81. The Morgan fingerprint density at radius 3 is 2.75 bits per heavy atom. The minimum Gasteiger partial charge on any atom is -0.347 e. The molecule has 1 aromatic carbocycles. The fourth-order valence-corrected chi connectivity index (χ4v) is 4.06. The second-order valence-corrected chi connectivity index (χ2v) is 8.08. The van der Waals surface area contributed by atoms with Crippen LogP contribution in [0.4, 0.5) is 0 Å². The van der Waals surface area contributed by atoms with Crippen molar-refractivity contribution in [1.29, 1.82) is 0 Å². The Hall–Kier alpha value is -3.88. The van der Waals surface area contributed by atoms with E-state index in [1.54, 1.807) is 24.1 Å². The molecule has 0 aliphatic carbocycles. The third-order valence-corrected chi connectivity index (χ3v) is 5.72. The van der Waals surface area contributed by atoms with Gasteiger partial charge in [-0.1, -0.05) is 30.3 Å². The van der Waals surface area contributed by atoms with Gasteiger partial charge >= 0.3 is 0 Å². The molecule has 1 atom stereocenters. The first-order valence-electron chi connectivity index (χ1n) is 10.6. The Morgan fingerprint density at radius 2 is 1.94 bits per heavy atom. The molecule has 9 heteroatoms. The largest absolute Gasteiger partial charge is 0.347 e. The van der Waals surface area contributed by atoms with Crippen molar-refractivity contribution < 1.29 is 4.79 Å². The molecule has 9 nitrogen and oxygen atoms in total. The second kappa shape index (κ2) is 7.99. The van der Waals surface area contributed by atoms with Crippen molar-refractivity contribution in [1.82, 2.24) is 39.8 Å². The van der Waals surface area contributed by atoms with Crippen LogP contribution in [-0.2, 0) is 20.0 Å². The van der Waals surface area contributed by atoms with E-state index in [2.05, 4.69) is 25.5 Å². The van der Waals surface area contributed by atoms with Crippen molar-refractivity contribution in [2.45, 2.75) is 39.3 Å². The molecule has 0 fully saturated rings. The lowest BCUT2D eigenvalue weighted by Crippen LogP contribution is -2.41. The van der Waals surface area contributed by atoms with E-state index in [0.29, 0.717) is 29.9 Å². The van der Waals surface area contributed by atoms with Crippen LogP contribution in [0.15, 0.2) is 42.7 Å². The number of nitrogens with zero attached hydrogens (tertiary/aromatic N) is 7. The molecule has 0 saturated heterocycles. The van der Waals surface area contributed by atoms with Crippen LogP contribution in [0.1, 0.15) is 34.1 Å². The van der Waals surface area contributed by atoms with Gasteiger partial charge in [-0.15, -0.1) is 0 Å². The maximum absolute atomic E-state index is 13.3. The molecule has 0 radical (unpaired) electrons. The molecule has 5 rings (SSSR count). The summed E-state index contributed by atoms with van der Waals surface area (Å²) in [6, 6.07) is 9.90. The molecule has 1 aliphatic rings. The lowest BCUT2D eigenvalue weighted by atomic mass is 10.1. The highest BCUT2D eigenvalue weighted by molar-refractivity contribution is 5.99. The lowest BCUT2D eigenvalue weighted by Gasteiger charge is -2.23. The predicted octanol–water partition coefficient (Wildman–Crippen LogP) is 2.50. The average Bonchev–Trinajstić information content (AvgIpc) is 3.39. The van der Waals surface area contributed by atoms with Gasteiger partial charge in [-0.05, 0) is 20.3 Å². The van der Waals surface area contributed by atoms with E-state index in [1.165, 1.54) is 0 Å². The van der Waals surface area contributed by atoms with Crippen molar-refractivity contribution in [2.75, 3.05) is 0 Å². The summed E-state index contributed by atoms with van der Waals surface area (Å²) in [5.41, 5.74) is 4.39. The molecule has 32 heavy (non-hydrogen) atoms. The molecule has 1 aliphatic heterocycles. The monoisotopic (exact) mass is 428 g/mol. The number of rotatable bonds is 4. The number of aryl methyl sites for hydroxylation is 4. The summed E-state index contributed by atoms with van der Waals surface area (Å²) in [4.78, 5) is 26.9. The van der Waals surface area contributed by atoms with E-state index in [1.807, 2.05) is 48.9 Å². The molecule has 4 heterocycles. The molecule has 1 amide bonds. The molecule has 1 unspecified atom stereocenters. The minimum atomic E-state index is -0.177. The first kappa shape index (κ1) is 20.0. The lowest BCUT2D eigenvalue weighted by molar-refractivity contribution is 0.0921. The molecule has 4 aromatic rings. The highest BCUT2D eigenvalue weighted by Crippen LogP contribution is 2.25. The fourth-order valence-electron chi connectivity index (χ4n) is 4.06. The zero-order chi connectivity index (χ0) is 22.2. The maximum atomic E-state index is 13.3. The molecule has 1 N–H and O–H groups in total. The number of benzene rings is 1. The molecule has 162 valence electrons. The number of hydrogen-bond donors (Lipinski definition) is 1. The average molecular weight is 429 g/mol. The Balaban J connectivity index is 1.37. The van der Waals surface area contributed by atoms with Crippen molar-refractivity contribution in [3.8, 4) is 22.6 Å². The number of amides is 1. The van der Waals surface area contributed by atoms with Crippen molar-refractivity contribution in [3.63, 3.8) is 0 Å². The summed E-state index contributed by atoms with van der Waals surface area (Å²) < 4.78 is 3.53. The zero-order valence-corrected chi connectivity index (χ0v) is 18.3. The number of carbonyl (C=O) groups is 1. The van der Waals surface area contributed by atoms with Gasteiger partial charge in [-0.3, -0.25) is 14.5 Å². The van der Waals surface area contributed by atoms with Crippen LogP contribution < -0.4 is 5.32 Å². The van der Waals surface area contributed by atoms with E-state index >= 15 is 0 Å². The molecular weight excluding hydrogens is 404 g/mol. The van der Waals surface area contributed by atoms with E-state index in [-0.39, 0.29) is 11.9 Å². The summed E-state index contributed by atoms with van der Waals surface area (Å²) in [5.74, 6) is 1.42. The SMILES string of the molecule is Cc1cnc(C)c(-c2cnn(C)c2C(=O)NC2CCn3nc(-c4ccccc4)nc3C2)n1. The Bertz CT molecular complexity index is 1290. The van der Waals surface area contributed by atoms with Gasteiger partial charge in [0.25, 0.3) is 5.91 Å². The smallest absolute Gasteiger partial charge is 0.270 e. The van der Waals surface area contributed by atoms with E-state index < -0.39 is 0 Å². The summed E-state index contributed by atoms with van der Waals surface area (Å²) in [5, 5.41) is 12.1. The minimum absolute atomic E-state index is 0.0322. The normalized spacial score (nSPS) is 15.4.